The Kier molecular flexibility index (Phi) is 4.99. The van der Waals surface area contributed by atoms with Crippen LogP contribution in [-0.4, -0.2) is 17.1 Å². The maximum atomic E-state index is 13.9. The van der Waals surface area contributed by atoms with Gasteiger partial charge in [0.1, 0.15) is 11.4 Å². The van der Waals surface area contributed by atoms with Crippen molar-refractivity contribution < 1.29 is 14.1 Å². The van der Waals surface area contributed by atoms with Crippen LogP contribution < -0.4 is 5.73 Å². The Morgan fingerprint density at radius 2 is 2.10 bits per heavy atom. The first-order valence-electron chi connectivity index (χ1n) is 6.37. The van der Waals surface area contributed by atoms with Crippen LogP contribution in [0.15, 0.2) is 18.2 Å². The first-order chi connectivity index (χ1) is 9.59. The molecule has 0 bridgehead atoms. The third-order valence-corrected chi connectivity index (χ3v) is 3.13. The Morgan fingerprint density at radius 3 is 2.62 bits per heavy atom. The molecule has 0 aliphatic carbocycles. The molecule has 21 heavy (non-hydrogen) atoms. The van der Waals surface area contributed by atoms with Gasteiger partial charge in [-0.2, -0.15) is 5.26 Å². The van der Waals surface area contributed by atoms with Crippen molar-refractivity contribution in [2.24, 2.45) is 5.73 Å². The van der Waals surface area contributed by atoms with Crippen molar-refractivity contribution in [1.82, 2.24) is 0 Å². The van der Waals surface area contributed by atoms with Gasteiger partial charge in [-0.25, -0.2) is 4.39 Å². The molecule has 0 amide bonds. The van der Waals surface area contributed by atoms with Crippen LogP contribution in [0.1, 0.15) is 32.8 Å². The Hall–Kier alpha value is -2.04. The van der Waals surface area contributed by atoms with Gasteiger partial charge in [-0.05, 0) is 33.3 Å². The minimum atomic E-state index is -1.14. The number of rotatable bonds is 6. The number of hydrogen-bond donors (Lipinski definition) is 1. The number of nitro benzene ring substituents is 1. The largest absolute Gasteiger partial charge is 0.361 e. The summed E-state index contributed by atoms with van der Waals surface area (Å²) in [5.41, 5.74) is 3.78. The van der Waals surface area contributed by atoms with Crippen molar-refractivity contribution in [2.45, 2.75) is 38.3 Å². The van der Waals surface area contributed by atoms with Gasteiger partial charge in [0, 0.05) is 23.2 Å². The van der Waals surface area contributed by atoms with Gasteiger partial charge in [-0.1, -0.05) is 0 Å². The third-order valence-electron chi connectivity index (χ3n) is 3.13. The van der Waals surface area contributed by atoms with Crippen LogP contribution in [0.25, 0.3) is 0 Å². The highest BCUT2D eigenvalue weighted by Crippen LogP contribution is 2.28. The molecule has 1 aromatic carbocycles. The molecule has 7 heteroatoms. The highest BCUT2D eigenvalue weighted by atomic mass is 19.1. The summed E-state index contributed by atoms with van der Waals surface area (Å²) < 4.78 is 19.2. The number of non-ortho nitro benzene ring substituents is 1. The predicted molar refractivity (Wildman–Crippen MR) is 74.9 cm³/mol. The van der Waals surface area contributed by atoms with Crippen molar-refractivity contribution in [3.63, 3.8) is 0 Å². The van der Waals surface area contributed by atoms with E-state index in [-0.39, 0.29) is 24.3 Å². The van der Waals surface area contributed by atoms with E-state index in [1.54, 1.807) is 20.8 Å². The molecule has 6 nitrogen and oxygen atoms in total. The van der Waals surface area contributed by atoms with Crippen molar-refractivity contribution in [3.05, 3.63) is 39.7 Å². The Bertz CT molecular complexity index is 579. The summed E-state index contributed by atoms with van der Waals surface area (Å²) in [4.78, 5) is 10.2. The van der Waals surface area contributed by atoms with Crippen LogP contribution in [-0.2, 0) is 10.3 Å². The summed E-state index contributed by atoms with van der Waals surface area (Å²) in [7, 11) is 0. The topological polar surface area (TPSA) is 102 Å². The lowest BCUT2D eigenvalue weighted by Crippen LogP contribution is -2.36. The maximum absolute atomic E-state index is 13.9. The zero-order chi connectivity index (χ0) is 16.3. The fourth-order valence-corrected chi connectivity index (χ4v) is 1.75. The second-order valence-electron chi connectivity index (χ2n) is 5.56. The predicted octanol–water partition coefficient (Wildman–Crippen LogP) is 2.62. The van der Waals surface area contributed by atoms with E-state index in [4.69, 9.17) is 15.7 Å². The second kappa shape index (κ2) is 6.16. The molecule has 0 spiro atoms. The zero-order valence-corrected chi connectivity index (χ0v) is 12.2. The first kappa shape index (κ1) is 17.0. The number of halogens is 1. The van der Waals surface area contributed by atoms with Gasteiger partial charge in [-0.3, -0.25) is 10.1 Å². The lowest BCUT2D eigenvalue weighted by atomic mass is 9.89. The van der Waals surface area contributed by atoms with Crippen LogP contribution in [0, 0.1) is 27.3 Å². The van der Waals surface area contributed by atoms with Gasteiger partial charge in [0.25, 0.3) is 5.69 Å². The number of hydrogen-bond acceptors (Lipinski definition) is 5. The standard InChI is InChI=1S/C14H18FN3O3/c1-13(2,9-16)21-7-6-14(3,17)11-8-10(18(19)20)4-5-12(11)15/h4-5,8H,6-7,17H2,1-3H3/t14-/m0/s1. The number of nitrogens with two attached hydrogens (primary N) is 1. The molecule has 0 fully saturated rings. The van der Waals surface area contributed by atoms with E-state index in [0.717, 1.165) is 18.2 Å². The van der Waals surface area contributed by atoms with Crippen LogP contribution >= 0.6 is 0 Å². The summed E-state index contributed by atoms with van der Waals surface area (Å²) in [6.45, 7) is 4.91. The summed E-state index contributed by atoms with van der Waals surface area (Å²) in [6.07, 6.45) is 0.218. The normalized spacial score (nSPS) is 14.3. The summed E-state index contributed by atoms with van der Waals surface area (Å²) in [6, 6.07) is 5.22. The lowest BCUT2D eigenvalue weighted by Gasteiger charge is -2.27. The molecule has 0 radical (unpaired) electrons. The van der Waals surface area contributed by atoms with E-state index < -0.39 is 21.9 Å². The summed E-state index contributed by atoms with van der Waals surface area (Å²) >= 11 is 0. The maximum Gasteiger partial charge on any atom is 0.269 e. The van der Waals surface area contributed by atoms with Gasteiger partial charge < -0.3 is 10.5 Å². The minimum Gasteiger partial charge on any atom is -0.361 e. The van der Waals surface area contributed by atoms with Crippen molar-refractivity contribution >= 4 is 5.69 Å². The van der Waals surface area contributed by atoms with Gasteiger partial charge >= 0.3 is 0 Å². The van der Waals surface area contributed by atoms with Crippen LogP contribution in [0.2, 0.25) is 0 Å². The first-order valence-corrected chi connectivity index (χ1v) is 6.37. The lowest BCUT2D eigenvalue weighted by molar-refractivity contribution is -0.385. The summed E-state index contributed by atoms with van der Waals surface area (Å²) in [5, 5.41) is 19.6. The highest BCUT2D eigenvalue weighted by Gasteiger charge is 2.28. The molecule has 1 atom stereocenters. The van der Waals surface area contributed by atoms with E-state index in [1.165, 1.54) is 0 Å². The Labute approximate surface area is 122 Å². The number of nitrogens with zero attached hydrogens (tertiary/aromatic N) is 2. The molecule has 114 valence electrons. The average molecular weight is 295 g/mol. The molecule has 0 aliphatic rings. The number of ether oxygens (including phenoxy) is 1. The van der Waals surface area contributed by atoms with Crippen molar-refractivity contribution in [3.8, 4) is 6.07 Å². The quantitative estimate of drug-likeness (QED) is 0.642. The van der Waals surface area contributed by atoms with E-state index in [1.807, 2.05) is 6.07 Å². The van der Waals surface area contributed by atoms with Crippen LogP contribution in [0.4, 0.5) is 10.1 Å². The fourth-order valence-electron chi connectivity index (χ4n) is 1.75. The fraction of sp³-hybridized carbons (Fsp3) is 0.500. The molecular weight excluding hydrogens is 277 g/mol. The molecule has 2 N–H and O–H groups in total. The monoisotopic (exact) mass is 295 g/mol. The molecule has 0 saturated heterocycles. The molecule has 0 unspecified atom stereocenters. The Morgan fingerprint density at radius 1 is 1.48 bits per heavy atom. The molecule has 1 aromatic rings. The smallest absolute Gasteiger partial charge is 0.269 e. The number of benzene rings is 1. The summed E-state index contributed by atoms with van der Waals surface area (Å²) in [5.74, 6) is -0.606. The molecule has 1 rings (SSSR count). The molecule has 0 heterocycles. The third kappa shape index (κ3) is 4.48. The van der Waals surface area contributed by atoms with Gasteiger partial charge in [-0.15, -0.1) is 0 Å². The molecular formula is C14H18FN3O3. The van der Waals surface area contributed by atoms with E-state index in [2.05, 4.69) is 0 Å². The van der Waals surface area contributed by atoms with Crippen molar-refractivity contribution in [1.29, 1.82) is 5.26 Å². The van der Waals surface area contributed by atoms with Crippen molar-refractivity contribution in [2.75, 3.05) is 6.61 Å². The van der Waals surface area contributed by atoms with Crippen LogP contribution in [0.5, 0.6) is 0 Å². The van der Waals surface area contributed by atoms with Crippen LogP contribution in [0.3, 0.4) is 0 Å². The Balaban J connectivity index is 2.90. The number of nitriles is 1. The van der Waals surface area contributed by atoms with Gasteiger partial charge in [0.05, 0.1) is 17.6 Å². The molecule has 0 aromatic heterocycles. The van der Waals surface area contributed by atoms with E-state index >= 15 is 0 Å². The minimum absolute atomic E-state index is 0.0510. The van der Waals surface area contributed by atoms with Gasteiger partial charge in [0.15, 0.2) is 0 Å². The van der Waals surface area contributed by atoms with E-state index in [0.29, 0.717) is 0 Å². The number of nitro groups is 1. The highest BCUT2D eigenvalue weighted by molar-refractivity contribution is 5.38. The SMILES string of the molecule is CC(C)(C#N)OCC[C@](C)(N)c1cc([N+](=O)[O-])ccc1F. The van der Waals surface area contributed by atoms with Gasteiger partial charge in [0.2, 0.25) is 0 Å². The molecule has 0 aliphatic heterocycles. The molecule has 0 saturated carbocycles. The second-order valence-corrected chi connectivity index (χ2v) is 5.56. The zero-order valence-electron chi connectivity index (χ0n) is 12.2. The average Bonchev–Trinajstić information content (AvgIpc) is 2.38. The van der Waals surface area contributed by atoms with E-state index in [9.17, 15) is 14.5 Å².